The summed E-state index contributed by atoms with van der Waals surface area (Å²) in [6.45, 7) is 8.71. The molecule has 0 radical (unpaired) electrons. The second-order valence-corrected chi connectivity index (χ2v) is 8.33. The third-order valence-corrected chi connectivity index (χ3v) is 4.98. The first-order chi connectivity index (χ1) is 14.4. The Morgan fingerprint density at radius 2 is 1.90 bits per heavy atom. The predicted molar refractivity (Wildman–Crippen MR) is 115 cm³/mol. The smallest absolute Gasteiger partial charge is 0.317 e. The molecule has 1 aliphatic heterocycles. The molecule has 4 rings (SSSR count). The van der Waals surface area contributed by atoms with Crippen molar-refractivity contribution < 1.29 is 9.53 Å². The molecule has 0 aromatic carbocycles. The normalized spacial score (nSPS) is 14.8. The number of nitrogens with zero attached hydrogens (tertiary/aromatic N) is 6. The minimum absolute atomic E-state index is 0.0210. The Hall–Kier alpha value is -3.36. The van der Waals surface area contributed by atoms with E-state index in [4.69, 9.17) is 9.72 Å². The van der Waals surface area contributed by atoms with Gasteiger partial charge < -0.3 is 19.9 Å². The molecule has 0 saturated carbocycles. The molecule has 1 saturated heterocycles. The highest BCUT2D eigenvalue weighted by molar-refractivity contribution is 5.80. The van der Waals surface area contributed by atoms with Gasteiger partial charge in [-0.2, -0.15) is 5.10 Å². The highest BCUT2D eigenvalue weighted by Crippen LogP contribution is 2.31. The lowest BCUT2D eigenvalue weighted by Crippen LogP contribution is -2.55. The van der Waals surface area contributed by atoms with Crippen LogP contribution in [-0.2, 0) is 0 Å². The maximum Gasteiger partial charge on any atom is 0.317 e. The number of hydrogen-bond acceptors (Lipinski definition) is 6. The van der Waals surface area contributed by atoms with Gasteiger partial charge in [-0.05, 0) is 39.0 Å². The number of nitrogens with one attached hydrogen (secondary N) is 1. The summed E-state index contributed by atoms with van der Waals surface area (Å²) in [5.74, 6) is 1.40. The number of aromatic nitrogens is 4. The number of carbonyl (C=O) groups is 1. The van der Waals surface area contributed by atoms with Crippen LogP contribution in [0.2, 0.25) is 0 Å². The Morgan fingerprint density at radius 1 is 1.13 bits per heavy atom. The van der Waals surface area contributed by atoms with Crippen molar-refractivity contribution in [3.63, 3.8) is 0 Å². The van der Waals surface area contributed by atoms with Crippen molar-refractivity contribution in [1.82, 2.24) is 29.8 Å². The Bertz CT molecular complexity index is 1050. The molecule has 0 spiro atoms. The molecule has 0 bridgehead atoms. The summed E-state index contributed by atoms with van der Waals surface area (Å²) in [4.78, 5) is 25.6. The zero-order chi connectivity index (χ0) is 21.3. The molecule has 158 valence electrons. The summed E-state index contributed by atoms with van der Waals surface area (Å²) in [5.41, 5.74) is 2.21. The number of amides is 2. The van der Waals surface area contributed by atoms with Crippen LogP contribution in [0.5, 0.6) is 5.88 Å². The van der Waals surface area contributed by atoms with Crippen molar-refractivity contribution in [3.8, 4) is 17.0 Å². The number of ether oxygens (including phenoxy) is 1. The van der Waals surface area contributed by atoms with Gasteiger partial charge in [0.2, 0.25) is 5.88 Å². The number of methoxy groups -OCH3 is 1. The number of hydrogen-bond donors (Lipinski definition) is 1. The van der Waals surface area contributed by atoms with E-state index in [1.807, 2.05) is 50.1 Å². The molecular formula is C21H27N7O2. The van der Waals surface area contributed by atoms with Crippen LogP contribution < -0.4 is 15.0 Å². The lowest BCUT2D eigenvalue weighted by atomic mass is 10.1. The Morgan fingerprint density at radius 3 is 2.60 bits per heavy atom. The van der Waals surface area contributed by atoms with Gasteiger partial charge in [0.05, 0.1) is 18.9 Å². The maximum absolute atomic E-state index is 12.4. The zero-order valence-electron chi connectivity index (χ0n) is 17.8. The Labute approximate surface area is 175 Å². The second-order valence-electron chi connectivity index (χ2n) is 8.33. The molecule has 2 amide bonds. The van der Waals surface area contributed by atoms with E-state index in [2.05, 4.69) is 20.3 Å². The number of rotatable bonds is 3. The van der Waals surface area contributed by atoms with Crippen molar-refractivity contribution in [2.75, 3.05) is 38.2 Å². The highest BCUT2D eigenvalue weighted by atomic mass is 16.5. The van der Waals surface area contributed by atoms with E-state index >= 15 is 0 Å². The zero-order valence-corrected chi connectivity index (χ0v) is 17.8. The van der Waals surface area contributed by atoms with E-state index in [1.165, 1.54) is 0 Å². The average molecular weight is 409 g/mol. The molecule has 1 fully saturated rings. The number of pyridine rings is 1. The molecule has 9 nitrogen and oxygen atoms in total. The minimum Gasteiger partial charge on any atom is -0.481 e. The van der Waals surface area contributed by atoms with Crippen LogP contribution in [0.3, 0.4) is 0 Å². The first kappa shape index (κ1) is 19.9. The Balaban J connectivity index is 1.54. The summed E-state index contributed by atoms with van der Waals surface area (Å²) in [6, 6.07) is 5.75. The van der Waals surface area contributed by atoms with Gasteiger partial charge in [-0.25, -0.2) is 19.3 Å². The van der Waals surface area contributed by atoms with E-state index < -0.39 is 0 Å². The van der Waals surface area contributed by atoms with Crippen molar-refractivity contribution in [2.24, 2.45) is 0 Å². The summed E-state index contributed by atoms with van der Waals surface area (Å²) in [5, 5.41) is 7.44. The monoisotopic (exact) mass is 409 g/mol. The third-order valence-electron chi connectivity index (χ3n) is 4.98. The van der Waals surface area contributed by atoms with Crippen LogP contribution in [0.1, 0.15) is 20.8 Å². The number of piperazine rings is 1. The topological polar surface area (TPSA) is 87.9 Å². The number of anilines is 1. The van der Waals surface area contributed by atoms with Crippen molar-refractivity contribution >= 4 is 17.5 Å². The summed E-state index contributed by atoms with van der Waals surface area (Å²) in [6.07, 6.45) is 5.38. The molecule has 1 N–H and O–H groups in total. The van der Waals surface area contributed by atoms with Gasteiger partial charge in [0.1, 0.15) is 5.82 Å². The van der Waals surface area contributed by atoms with Gasteiger partial charge in [0, 0.05) is 49.7 Å². The van der Waals surface area contributed by atoms with Gasteiger partial charge in [-0.15, -0.1) is 0 Å². The van der Waals surface area contributed by atoms with E-state index in [-0.39, 0.29) is 11.6 Å². The summed E-state index contributed by atoms with van der Waals surface area (Å²) >= 11 is 0. The van der Waals surface area contributed by atoms with Crippen LogP contribution in [0, 0.1) is 0 Å². The van der Waals surface area contributed by atoms with Crippen LogP contribution in [-0.4, -0.2) is 69.3 Å². The quantitative estimate of drug-likeness (QED) is 0.715. The number of urea groups is 1. The van der Waals surface area contributed by atoms with Crippen molar-refractivity contribution in [3.05, 3.63) is 36.8 Å². The molecule has 0 atom stereocenters. The highest BCUT2D eigenvalue weighted by Gasteiger charge is 2.25. The fourth-order valence-electron chi connectivity index (χ4n) is 3.52. The molecule has 3 aromatic rings. The van der Waals surface area contributed by atoms with E-state index in [0.717, 1.165) is 35.7 Å². The number of carbonyl (C=O) groups excluding carboxylic acids is 1. The van der Waals surface area contributed by atoms with Crippen molar-refractivity contribution in [1.29, 1.82) is 0 Å². The summed E-state index contributed by atoms with van der Waals surface area (Å²) in [7, 11) is 1.60. The van der Waals surface area contributed by atoms with Crippen LogP contribution in [0.4, 0.5) is 10.6 Å². The molecular weight excluding hydrogens is 382 g/mol. The van der Waals surface area contributed by atoms with Gasteiger partial charge >= 0.3 is 6.03 Å². The van der Waals surface area contributed by atoms with Crippen LogP contribution in [0.15, 0.2) is 36.8 Å². The van der Waals surface area contributed by atoms with Crippen LogP contribution >= 0.6 is 0 Å². The first-order valence-corrected chi connectivity index (χ1v) is 10.0. The molecule has 30 heavy (non-hydrogen) atoms. The van der Waals surface area contributed by atoms with E-state index in [0.29, 0.717) is 19.0 Å². The molecule has 9 heteroatoms. The fourth-order valence-corrected chi connectivity index (χ4v) is 3.52. The summed E-state index contributed by atoms with van der Waals surface area (Å²) < 4.78 is 7.15. The van der Waals surface area contributed by atoms with Gasteiger partial charge in [-0.1, -0.05) is 0 Å². The van der Waals surface area contributed by atoms with E-state index in [1.54, 1.807) is 24.0 Å². The first-order valence-electron chi connectivity index (χ1n) is 10.0. The lowest BCUT2D eigenvalue weighted by molar-refractivity contribution is 0.185. The predicted octanol–water partition coefficient (Wildman–Crippen LogP) is 2.43. The van der Waals surface area contributed by atoms with Gasteiger partial charge in [0.25, 0.3) is 0 Å². The van der Waals surface area contributed by atoms with Crippen LogP contribution in [0.25, 0.3) is 16.8 Å². The molecule has 4 heterocycles. The average Bonchev–Trinajstić information content (AvgIpc) is 3.15. The van der Waals surface area contributed by atoms with Gasteiger partial charge in [0.15, 0.2) is 5.65 Å². The lowest BCUT2D eigenvalue weighted by Gasteiger charge is -2.36. The Kier molecular flexibility index (Phi) is 5.19. The fraction of sp³-hybridized carbons (Fsp3) is 0.429. The largest absolute Gasteiger partial charge is 0.481 e. The molecule has 0 unspecified atom stereocenters. The van der Waals surface area contributed by atoms with Crippen molar-refractivity contribution in [2.45, 2.75) is 26.3 Å². The maximum atomic E-state index is 12.4. The number of fused-ring (bicyclic) bond motifs is 1. The van der Waals surface area contributed by atoms with E-state index in [9.17, 15) is 4.79 Å². The standard InChI is InChI=1S/C21H27N7O2/c1-21(2,3)25-20(29)27-12-10-26(11-13-27)17-7-9-28-18(24-17)16(14-23-28)15-6-5-8-22-19(15)30-4/h5-9,14H,10-13H2,1-4H3,(H,25,29). The molecule has 0 aliphatic carbocycles. The minimum atomic E-state index is -0.243. The molecule has 3 aromatic heterocycles. The third kappa shape index (κ3) is 4.00. The molecule has 1 aliphatic rings. The second kappa shape index (κ2) is 7.81. The SMILES string of the molecule is COc1ncccc1-c1cnn2ccc(N3CCN(C(=O)NC(C)(C)C)CC3)nc12. The van der Waals surface area contributed by atoms with Gasteiger partial charge in [-0.3, -0.25) is 0 Å².